The smallest absolute Gasteiger partial charge is 0.277 e. The van der Waals surface area contributed by atoms with Crippen molar-refractivity contribution >= 4 is 10.2 Å². The van der Waals surface area contributed by atoms with Crippen LogP contribution < -0.4 is 14.2 Å². The summed E-state index contributed by atoms with van der Waals surface area (Å²) in [5.74, 6) is 0.603. The summed E-state index contributed by atoms with van der Waals surface area (Å²) >= 11 is 0. The number of hydrogen-bond donors (Lipinski definition) is 2. The number of benzene rings is 1. The van der Waals surface area contributed by atoms with E-state index >= 15 is 0 Å². The van der Waals surface area contributed by atoms with E-state index in [2.05, 4.69) is 14.4 Å². The fourth-order valence-electron chi connectivity index (χ4n) is 1.74. The summed E-state index contributed by atoms with van der Waals surface area (Å²) in [5, 5.41) is 0. The Morgan fingerprint density at radius 1 is 1.14 bits per heavy atom. The van der Waals surface area contributed by atoms with E-state index < -0.39 is 10.2 Å². The van der Waals surface area contributed by atoms with Crippen LogP contribution in [0.15, 0.2) is 54.9 Å². The van der Waals surface area contributed by atoms with Gasteiger partial charge < -0.3 is 4.74 Å². The molecule has 0 fully saturated rings. The third-order valence-corrected chi connectivity index (χ3v) is 3.91. The van der Waals surface area contributed by atoms with Crippen molar-refractivity contribution in [2.24, 2.45) is 0 Å². The van der Waals surface area contributed by atoms with Crippen LogP contribution in [0.25, 0.3) is 0 Å². The van der Waals surface area contributed by atoms with E-state index in [0.717, 1.165) is 5.56 Å². The Balaban J connectivity index is 1.77. The molecule has 1 aromatic carbocycles. The van der Waals surface area contributed by atoms with Crippen molar-refractivity contribution in [3.8, 4) is 5.75 Å². The van der Waals surface area contributed by atoms with Gasteiger partial charge in [0.05, 0.1) is 6.20 Å². The summed E-state index contributed by atoms with van der Waals surface area (Å²) in [6.07, 6.45) is 2.92. The molecule has 0 radical (unpaired) electrons. The number of hydrogen-bond acceptors (Lipinski definition) is 4. The molecule has 0 unspecified atom stereocenters. The third kappa shape index (κ3) is 5.80. The molecular weight excluding hydrogens is 302 g/mol. The Kier molecular flexibility index (Phi) is 5.88. The van der Waals surface area contributed by atoms with Crippen LogP contribution in [0.2, 0.25) is 0 Å². The lowest BCUT2D eigenvalue weighted by Gasteiger charge is -2.15. The van der Waals surface area contributed by atoms with Crippen molar-refractivity contribution in [2.75, 3.05) is 6.54 Å². The molecule has 0 amide bonds. The highest BCUT2D eigenvalue weighted by molar-refractivity contribution is 7.87. The SMILES string of the molecule is C[C@@H](CNS(=O)(=O)NCc1ccccc1)Oc1cccnc1. The second-order valence-electron chi connectivity index (χ2n) is 4.78. The number of pyridine rings is 1. The average molecular weight is 321 g/mol. The number of nitrogens with zero attached hydrogens (tertiary/aromatic N) is 1. The minimum atomic E-state index is -3.56. The summed E-state index contributed by atoms with van der Waals surface area (Å²) in [7, 11) is -3.56. The quantitative estimate of drug-likeness (QED) is 0.771. The molecule has 118 valence electrons. The van der Waals surface area contributed by atoms with Gasteiger partial charge in [-0.1, -0.05) is 30.3 Å². The molecule has 0 bridgehead atoms. The fourth-order valence-corrected chi connectivity index (χ4v) is 2.66. The van der Waals surface area contributed by atoms with Gasteiger partial charge in [0.2, 0.25) is 0 Å². The minimum Gasteiger partial charge on any atom is -0.488 e. The molecule has 0 spiro atoms. The molecule has 22 heavy (non-hydrogen) atoms. The molecule has 0 saturated carbocycles. The van der Waals surface area contributed by atoms with Gasteiger partial charge in [-0.3, -0.25) is 4.98 Å². The molecule has 0 aliphatic heterocycles. The predicted molar refractivity (Wildman–Crippen MR) is 84.5 cm³/mol. The van der Waals surface area contributed by atoms with Crippen LogP contribution in [-0.4, -0.2) is 26.1 Å². The monoisotopic (exact) mass is 321 g/mol. The Morgan fingerprint density at radius 3 is 2.59 bits per heavy atom. The number of nitrogens with one attached hydrogen (secondary N) is 2. The van der Waals surface area contributed by atoms with Crippen molar-refractivity contribution in [1.29, 1.82) is 0 Å². The first kappa shape index (κ1) is 16.4. The lowest BCUT2D eigenvalue weighted by atomic mass is 10.2. The first-order valence-electron chi connectivity index (χ1n) is 6.90. The van der Waals surface area contributed by atoms with Crippen LogP contribution in [0.1, 0.15) is 12.5 Å². The molecule has 1 atom stereocenters. The predicted octanol–water partition coefficient (Wildman–Crippen LogP) is 1.47. The lowest BCUT2D eigenvalue weighted by molar-refractivity contribution is 0.224. The summed E-state index contributed by atoms with van der Waals surface area (Å²) < 4.78 is 34.2. The van der Waals surface area contributed by atoms with E-state index in [1.165, 1.54) is 0 Å². The summed E-state index contributed by atoms with van der Waals surface area (Å²) in [6, 6.07) is 12.8. The van der Waals surface area contributed by atoms with Gasteiger partial charge >= 0.3 is 0 Å². The van der Waals surface area contributed by atoms with Crippen molar-refractivity contribution in [2.45, 2.75) is 19.6 Å². The van der Waals surface area contributed by atoms with Gasteiger partial charge in [0.25, 0.3) is 10.2 Å². The Bertz CT molecular complexity index is 663. The first-order valence-corrected chi connectivity index (χ1v) is 8.38. The van der Waals surface area contributed by atoms with Crippen LogP contribution in [0, 0.1) is 0 Å². The zero-order chi connectivity index (χ0) is 15.8. The highest BCUT2D eigenvalue weighted by Crippen LogP contribution is 2.08. The van der Waals surface area contributed by atoms with Gasteiger partial charge in [-0.15, -0.1) is 0 Å². The van der Waals surface area contributed by atoms with E-state index in [1.54, 1.807) is 31.5 Å². The third-order valence-electron chi connectivity index (χ3n) is 2.84. The fraction of sp³-hybridized carbons (Fsp3) is 0.267. The first-order chi connectivity index (χ1) is 10.6. The molecular formula is C15H19N3O3S. The van der Waals surface area contributed by atoms with Gasteiger partial charge in [0, 0.05) is 19.3 Å². The number of ether oxygens (including phenoxy) is 1. The van der Waals surface area contributed by atoms with E-state index in [1.807, 2.05) is 30.3 Å². The summed E-state index contributed by atoms with van der Waals surface area (Å²) in [4.78, 5) is 3.93. The maximum atomic E-state index is 11.9. The Hall–Kier alpha value is -1.96. The lowest BCUT2D eigenvalue weighted by Crippen LogP contribution is -2.40. The van der Waals surface area contributed by atoms with E-state index in [-0.39, 0.29) is 19.2 Å². The molecule has 0 saturated heterocycles. The molecule has 6 nitrogen and oxygen atoms in total. The average Bonchev–Trinajstić information content (AvgIpc) is 2.53. The number of aromatic nitrogens is 1. The van der Waals surface area contributed by atoms with Gasteiger partial charge in [0.15, 0.2) is 0 Å². The van der Waals surface area contributed by atoms with E-state index in [4.69, 9.17) is 4.74 Å². The minimum absolute atomic E-state index is 0.166. The van der Waals surface area contributed by atoms with Gasteiger partial charge in [0.1, 0.15) is 11.9 Å². The Morgan fingerprint density at radius 2 is 1.91 bits per heavy atom. The molecule has 2 N–H and O–H groups in total. The topological polar surface area (TPSA) is 80.3 Å². The molecule has 0 aliphatic carbocycles. The van der Waals surface area contributed by atoms with Crippen molar-refractivity contribution in [1.82, 2.24) is 14.4 Å². The largest absolute Gasteiger partial charge is 0.488 e. The van der Waals surface area contributed by atoms with Crippen LogP contribution >= 0.6 is 0 Å². The van der Waals surface area contributed by atoms with Crippen molar-refractivity contribution in [3.63, 3.8) is 0 Å². The molecule has 1 aromatic heterocycles. The van der Waals surface area contributed by atoms with Crippen LogP contribution in [0.4, 0.5) is 0 Å². The highest BCUT2D eigenvalue weighted by atomic mass is 32.2. The molecule has 7 heteroatoms. The highest BCUT2D eigenvalue weighted by Gasteiger charge is 2.12. The van der Waals surface area contributed by atoms with Crippen molar-refractivity contribution < 1.29 is 13.2 Å². The molecule has 2 rings (SSSR count). The zero-order valence-corrected chi connectivity index (χ0v) is 13.1. The Labute approximate surface area is 130 Å². The van der Waals surface area contributed by atoms with Gasteiger partial charge in [-0.05, 0) is 24.6 Å². The maximum absolute atomic E-state index is 11.9. The van der Waals surface area contributed by atoms with Gasteiger partial charge in [-0.2, -0.15) is 17.9 Å². The van der Waals surface area contributed by atoms with Gasteiger partial charge in [-0.25, -0.2) is 0 Å². The van der Waals surface area contributed by atoms with E-state index in [0.29, 0.717) is 5.75 Å². The molecule has 0 aliphatic rings. The second-order valence-corrected chi connectivity index (χ2v) is 6.36. The zero-order valence-electron chi connectivity index (χ0n) is 12.3. The maximum Gasteiger partial charge on any atom is 0.277 e. The molecule has 1 heterocycles. The van der Waals surface area contributed by atoms with Crippen LogP contribution in [-0.2, 0) is 16.8 Å². The van der Waals surface area contributed by atoms with Crippen LogP contribution in [0.5, 0.6) is 5.75 Å². The van der Waals surface area contributed by atoms with Crippen LogP contribution in [0.3, 0.4) is 0 Å². The number of rotatable bonds is 8. The normalized spacial score (nSPS) is 12.8. The summed E-state index contributed by atoms with van der Waals surface area (Å²) in [5.41, 5.74) is 0.896. The van der Waals surface area contributed by atoms with Crippen molar-refractivity contribution in [3.05, 3.63) is 60.4 Å². The summed E-state index contributed by atoms with van der Waals surface area (Å²) in [6.45, 7) is 2.19. The standard InChI is InChI=1S/C15H19N3O3S/c1-13(21-15-8-5-9-16-12-15)10-17-22(19,20)18-11-14-6-3-2-4-7-14/h2-9,12-13,17-18H,10-11H2,1H3/t13-/m0/s1. The van der Waals surface area contributed by atoms with E-state index in [9.17, 15) is 8.42 Å². The molecule has 2 aromatic rings. The second kappa shape index (κ2) is 7.88.